The lowest BCUT2D eigenvalue weighted by Crippen LogP contribution is -2.26. The number of amides is 1. The molecule has 0 radical (unpaired) electrons. The van der Waals surface area contributed by atoms with E-state index in [1.807, 2.05) is 68.4 Å². The highest BCUT2D eigenvalue weighted by Gasteiger charge is 2.13. The number of nitrogens with one attached hydrogen (secondary N) is 1. The fraction of sp³-hybridized carbons (Fsp3) is 0.176. The van der Waals surface area contributed by atoms with E-state index in [-0.39, 0.29) is 11.2 Å². The Morgan fingerprint density at radius 2 is 1.81 bits per heavy atom. The average Bonchev–Trinajstić information content (AvgIpc) is 2.50. The molecule has 0 saturated heterocycles. The molecule has 21 heavy (non-hydrogen) atoms. The topological polar surface area (TPSA) is 41.5 Å². The number of carbonyl (C=O) groups excluding carboxylic acids is 1. The van der Waals surface area contributed by atoms with Gasteiger partial charge in [-0.05, 0) is 31.5 Å². The van der Waals surface area contributed by atoms with Crippen LogP contribution in [0.1, 0.15) is 18.1 Å². The summed E-state index contributed by atoms with van der Waals surface area (Å²) in [5.41, 5.74) is 4.74. The van der Waals surface area contributed by atoms with Crippen LogP contribution in [0.3, 0.4) is 0 Å². The summed E-state index contributed by atoms with van der Waals surface area (Å²) in [5, 5.41) is 3.79. The number of benzene rings is 2. The molecular formula is C17H18N2OS. The van der Waals surface area contributed by atoms with E-state index in [9.17, 15) is 4.79 Å². The van der Waals surface area contributed by atoms with Crippen LogP contribution in [-0.4, -0.2) is 17.4 Å². The van der Waals surface area contributed by atoms with Gasteiger partial charge in [-0.1, -0.05) is 48.0 Å². The molecule has 1 atom stereocenters. The number of aryl methyl sites for hydroxylation is 1. The second-order valence-electron chi connectivity index (χ2n) is 4.72. The standard InChI is InChI=1S/C17H18N2OS/c1-13-8-10-16(11-9-13)21-14(2)17(20)19-18-12-15-6-4-3-5-7-15/h3-12,14H,1-2H3,(H,19,20)/b18-12-/t14-/m0/s1. The summed E-state index contributed by atoms with van der Waals surface area (Å²) < 4.78 is 0. The normalized spacial score (nSPS) is 12.3. The Kier molecular flexibility index (Phi) is 5.58. The van der Waals surface area contributed by atoms with E-state index >= 15 is 0 Å². The van der Waals surface area contributed by atoms with Crippen molar-refractivity contribution in [2.24, 2.45) is 5.10 Å². The Hall–Kier alpha value is -2.07. The minimum Gasteiger partial charge on any atom is -0.272 e. The van der Waals surface area contributed by atoms with E-state index in [0.717, 1.165) is 10.5 Å². The summed E-state index contributed by atoms with van der Waals surface area (Å²) in [7, 11) is 0. The number of nitrogens with zero attached hydrogens (tertiary/aromatic N) is 1. The van der Waals surface area contributed by atoms with Gasteiger partial charge in [-0.15, -0.1) is 11.8 Å². The second-order valence-corrected chi connectivity index (χ2v) is 6.13. The van der Waals surface area contributed by atoms with Crippen molar-refractivity contribution < 1.29 is 4.79 Å². The first-order chi connectivity index (χ1) is 10.1. The third kappa shape index (κ3) is 5.08. The van der Waals surface area contributed by atoms with Crippen molar-refractivity contribution >= 4 is 23.9 Å². The molecule has 0 aliphatic heterocycles. The molecule has 0 unspecified atom stereocenters. The number of rotatable bonds is 5. The van der Waals surface area contributed by atoms with Gasteiger partial charge in [0, 0.05) is 4.90 Å². The number of carbonyl (C=O) groups is 1. The fourth-order valence-corrected chi connectivity index (χ4v) is 2.54. The van der Waals surface area contributed by atoms with E-state index < -0.39 is 0 Å². The molecule has 2 aromatic carbocycles. The zero-order valence-electron chi connectivity index (χ0n) is 12.1. The van der Waals surface area contributed by atoms with Gasteiger partial charge in [0.25, 0.3) is 5.91 Å². The highest BCUT2D eigenvalue weighted by atomic mass is 32.2. The first kappa shape index (κ1) is 15.3. The van der Waals surface area contributed by atoms with Crippen LogP contribution in [0.15, 0.2) is 64.6 Å². The van der Waals surface area contributed by atoms with E-state index in [2.05, 4.69) is 10.5 Å². The maximum absolute atomic E-state index is 12.0. The van der Waals surface area contributed by atoms with E-state index in [4.69, 9.17) is 0 Å². The minimum absolute atomic E-state index is 0.104. The largest absolute Gasteiger partial charge is 0.272 e. The monoisotopic (exact) mass is 298 g/mol. The number of hydrazone groups is 1. The second kappa shape index (κ2) is 7.64. The van der Waals surface area contributed by atoms with Gasteiger partial charge in [-0.2, -0.15) is 5.10 Å². The molecular weight excluding hydrogens is 280 g/mol. The molecule has 2 aromatic rings. The highest BCUT2D eigenvalue weighted by Crippen LogP contribution is 2.23. The average molecular weight is 298 g/mol. The lowest BCUT2D eigenvalue weighted by Gasteiger charge is -2.09. The molecule has 0 aromatic heterocycles. The van der Waals surface area contributed by atoms with Crippen LogP contribution in [-0.2, 0) is 4.79 Å². The van der Waals surface area contributed by atoms with Crippen LogP contribution < -0.4 is 5.43 Å². The Bertz CT molecular complexity index is 608. The smallest absolute Gasteiger partial charge is 0.253 e. The summed E-state index contributed by atoms with van der Waals surface area (Å²) in [6.07, 6.45) is 1.64. The summed E-state index contributed by atoms with van der Waals surface area (Å²) >= 11 is 1.52. The van der Waals surface area contributed by atoms with Crippen LogP contribution in [0.2, 0.25) is 0 Å². The van der Waals surface area contributed by atoms with E-state index in [0.29, 0.717) is 0 Å². The van der Waals surface area contributed by atoms with E-state index in [1.165, 1.54) is 17.3 Å². The molecule has 0 bridgehead atoms. The Balaban J connectivity index is 1.85. The molecule has 0 spiro atoms. The van der Waals surface area contributed by atoms with Crippen LogP contribution in [0, 0.1) is 6.92 Å². The van der Waals surface area contributed by atoms with Crippen LogP contribution >= 0.6 is 11.8 Å². The van der Waals surface area contributed by atoms with Crippen molar-refractivity contribution in [2.75, 3.05) is 0 Å². The van der Waals surface area contributed by atoms with Crippen molar-refractivity contribution in [1.82, 2.24) is 5.43 Å². The lowest BCUT2D eigenvalue weighted by atomic mass is 10.2. The van der Waals surface area contributed by atoms with Gasteiger partial charge in [0.05, 0.1) is 11.5 Å². The molecule has 0 aliphatic carbocycles. The molecule has 0 saturated carbocycles. The van der Waals surface area contributed by atoms with Gasteiger partial charge in [0.2, 0.25) is 0 Å². The Labute approximate surface area is 129 Å². The van der Waals surface area contributed by atoms with Gasteiger partial charge in [-0.25, -0.2) is 5.43 Å². The molecule has 2 rings (SSSR count). The quantitative estimate of drug-likeness (QED) is 0.520. The van der Waals surface area contributed by atoms with Gasteiger partial charge in [0.15, 0.2) is 0 Å². The Morgan fingerprint density at radius 1 is 1.14 bits per heavy atom. The van der Waals surface area contributed by atoms with Crippen LogP contribution in [0.5, 0.6) is 0 Å². The van der Waals surface area contributed by atoms with E-state index in [1.54, 1.807) is 6.21 Å². The third-order valence-corrected chi connectivity index (χ3v) is 4.00. The molecule has 108 valence electrons. The van der Waals surface area contributed by atoms with Crippen molar-refractivity contribution in [3.05, 3.63) is 65.7 Å². The summed E-state index contributed by atoms with van der Waals surface area (Å²) in [6.45, 7) is 3.92. The van der Waals surface area contributed by atoms with Crippen molar-refractivity contribution in [2.45, 2.75) is 24.0 Å². The van der Waals surface area contributed by atoms with Gasteiger partial charge >= 0.3 is 0 Å². The summed E-state index contributed by atoms with van der Waals surface area (Å²) in [6, 6.07) is 17.8. The molecule has 0 heterocycles. The fourth-order valence-electron chi connectivity index (χ4n) is 1.67. The molecule has 0 fully saturated rings. The first-order valence-electron chi connectivity index (χ1n) is 6.76. The van der Waals surface area contributed by atoms with Gasteiger partial charge in [-0.3, -0.25) is 4.79 Å². The SMILES string of the molecule is Cc1ccc(S[C@@H](C)C(=O)N/N=C\c2ccccc2)cc1. The van der Waals surface area contributed by atoms with Crippen LogP contribution in [0.4, 0.5) is 0 Å². The molecule has 1 amide bonds. The van der Waals surface area contributed by atoms with Crippen molar-refractivity contribution in [1.29, 1.82) is 0 Å². The van der Waals surface area contributed by atoms with Gasteiger partial charge in [0.1, 0.15) is 0 Å². The summed E-state index contributed by atoms with van der Waals surface area (Å²) in [5.74, 6) is -0.104. The number of hydrogen-bond donors (Lipinski definition) is 1. The first-order valence-corrected chi connectivity index (χ1v) is 7.64. The maximum atomic E-state index is 12.0. The third-order valence-electron chi connectivity index (χ3n) is 2.89. The number of thioether (sulfide) groups is 1. The van der Waals surface area contributed by atoms with Gasteiger partial charge < -0.3 is 0 Å². The maximum Gasteiger partial charge on any atom is 0.253 e. The predicted molar refractivity (Wildman–Crippen MR) is 88.7 cm³/mol. The zero-order valence-corrected chi connectivity index (χ0v) is 12.9. The zero-order chi connectivity index (χ0) is 15.1. The molecule has 0 aliphatic rings. The molecule has 3 nitrogen and oxygen atoms in total. The highest BCUT2D eigenvalue weighted by molar-refractivity contribution is 8.00. The van der Waals surface area contributed by atoms with Crippen molar-refractivity contribution in [3.63, 3.8) is 0 Å². The summed E-state index contributed by atoms with van der Waals surface area (Å²) in [4.78, 5) is 13.0. The lowest BCUT2D eigenvalue weighted by molar-refractivity contribution is -0.120. The minimum atomic E-state index is -0.194. The number of hydrogen-bond acceptors (Lipinski definition) is 3. The predicted octanol–water partition coefficient (Wildman–Crippen LogP) is 3.63. The van der Waals surface area contributed by atoms with Crippen LogP contribution in [0.25, 0.3) is 0 Å². The Morgan fingerprint density at radius 3 is 2.48 bits per heavy atom. The van der Waals surface area contributed by atoms with Crippen molar-refractivity contribution in [3.8, 4) is 0 Å². The molecule has 1 N–H and O–H groups in total. The molecule has 4 heteroatoms.